The lowest BCUT2D eigenvalue weighted by atomic mass is 9.94. The number of allylic oxidation sites excluding steroid dienone is 1. The molecule has 0 radical (unpaired) electrons. The maximum Gasteiger partial charge on any atom is 0.220 e. The summed E-state index contributed by atoms with van der Waals surface area (Å²) in [6, 6.07) is -2.89. The third-order valence-electron chi connectivity index (χ3n) is 23.3. The molecule has 35 nitrogen and oxygen atoms in total. The Morgan fingerprint density at radius 2 is 0.632 bits per heavy atom. The minimum atomic E-state index is -2.26. The largest absolute Gasteiger partial charge is 0.394 e. The van der Waals surface area contributed by atoms with Gasteiger partial charge in [-0.3, -0.25) is 9.59 Å². The molecule has 0 aromatic carbocycles. The fraction of sp³-hybridized carbons (Fsp3) is 0.951. The van der Waals surface area contributed by atoms with Gasteiger partial charge in [-0.25, -0.2) is 0 Å². The highest BCUT2D eigenvalue weighted by molar-refractivity contribution is 5.76. The minimum Gasteiger partial charge on any atom is -0.394 e. The van der Waals surface area contributed by atoms with E-state index in [1.807, 2.05) is 6.08 Å². The predicted octanol–water partition coefficient (Wildman–Crippen LogP) is 0.553. The maximum atomic E-state index is 13.6. The number of hydrogen-bond acceptors (Lipinski definition) is 33. The Labute approximate surface area is 689 Å². The summed E-state index contributed by atoms with van der Waals surface area (Å²) in [7, 11) is 0. The topological polar surface area (TPSA) is 553 Å². The highest BCUT2D eigenvalue weighted by Gasteiger charge is 2.58. The summed E-state index contributed by atoms with van der Waals surface area (Å²) in [4.78, 5) is 26.5. The van der Waals surface area contributed by atoms with Crippen LogP contribution in [0.15, 0.2) is 12.2 Å². The number of carbonyl (C=O) groups is 2. The van der Waals surface area contributed by atoms with Crippen LogP contribution in [0.1, 0.15) is 252 Å². The first kappa shape index (κ1) is 103. The van der Waals surface area contributed by atoms with Gasteiger partial charge in [0.05, 0.1) is 58.4 Å². The van der Waals surface area contributed by atoms with Crippen LogP contribution in [-0.4, -0.2) is 351 Å². The van der Waals surface area contributed by atoms with Gasteiger partial charge in [-0.05, 0) is 19.3 Å². The molecule has 35 heteroatoms. The van der Waals surface area contributed by atoms with Crippen molar-refractivity contribution in [3.8, 4) is 0 Å². The third-order valence-corrected chi connectivity index (χ3v) is 23.3. The lowest BCUT2D eigenvalue weighted by Gasteiger charge is -2.50. The SMILES string of the molecule is CCCCCCCCCCCCC/C=C/[C@@H](O)[C@H](CO[C@@H]1OC(CO)[C@@H](O[C@@H]2OC(CO)[C@H](O[C@@H]3OC(CO)[C@H](O)[C@H](O[C@@H]4OC(CO)[C@H](O)[C@H](O[C@@H]5OC(CO)[C@H](O)[C@H](O[C@H]6OC(CO)[C@H](O)[C@H](O)C6O)C5O)C4NC(C)=O)C3O)[C@H](O)C2O)[C@H](O)C1O)NC(=O)CCCCCCCCCCCCCCCCCCCCCCCCC. The standard InChI is InChI=1S/C82H150N2O33/c1-4-6-8-10-12-14-16-18-19-20-21-22-23-24-25-26-27-29-31-33-35-37-39-41-58(93)84-50(51(92)40-38-36-34-32-30-28-17-15-13-11-9-7-5-2)48-106-78-68(102)65(99)72(56(46-89)111-78)113-80-69(103)66(100)73(57(47-90)112-80)114-81-70(104)75(62(96)54(44-87)109-81)116-77-59(83-49(3)91)74(61(95)53(43-86)107-77)115-82-71(105)76(63(97)55(45-88)110-82)117-79-67(101)64(98)60(94)52(42-85)108-79/h38,40,50-57,59-82,85-90,92,94-105H,4-37,39,41-48H2,1-3H3,(H,83,91)(H,84,93)/b40-38+/t50-,51+,52?,53?,54?,55?,56?,57?,59?,60-,61-,62-,63-,64-,65+,66+,67?,68?,69?,70?,71?,72+,73-,74+,75-,76-,77-,78+,79+,80-,81-,82-/m0/s1. The van der Waals surface area contributed by atoms with Gasteiger partial charge < -0.3 is 164 Å². The zero-order chi connectivity index (χ0) is 85.3. The molecule has 6 rings (SSSR count). The van der Waals surface area contributed by atoms with E-state index in [9.17, 15) is 107 Å². The van der Waals surface area contributed by atoms with Crippen molar-refractivity contribution in [2.75, 3.05) is 46.2 Å². The molecule has 0 spiro atoms. The summed E-state index contributed by atoms with van der Waals surface area (Å²) in [5.74, 6) is -1.21. The Morgan fingerprint density at radius 3 is 1.03 bits per heavy atom. The summed E-state index contributed by atoms with van der Waals surface area (Å²) < 4.78 is 70.2. The van der Waals surface area contributed by atoms with Gasteiger partial charge in [-0.1, -0.05) is 231 Å². The van der Waals surface area contributed by atoms with E-state index < -0.39 is 248 Å². The Morgan fingerprint density at radius 1 is 0.333 bits per heavy atom. The number of aliphatic hydroxyl groups is 19. The second-order valence-electron chi connectivity index (χ2n) is 32.7. The molecule has 0 saturated carbocycles. The van der Waals surface area contributed by atoms with Gasteiger partial charge >= 0.3 is 0 Å². The third kappa shape index (κ3) is 33.1. The van der Waals surface area contributed by atoms with Crippen molar-refractivity contribution in [3.63, 3.8) is 0 Å². The molecule has 6 aliphatic rings. The highest BCUT2D eigenvalue weighted by atomic mass is 16.8. The van der Waals surface area contributed by atoms with Crippen molar-refractivity contribution in [2.45, 2.75) is 448 Å². The van der Waals surface area contributed by atoms with E-state index in [0.717, 1.165) is 58.3 Å². The molecule has 0 aromatic heterocycles. The molecule has 0 aromatic rings. The molecule has 21 N–H and O–H groups in total. The molecule has 0 aliphatic carbocycles. The average Bonchev–Trinajstić information content (AvgIpc) is 0.761. The van der Waals surface area contributed by atoms with Crippen LogP contribution in [0, 0.1) is 0 Å². The summed E-state index contributed by atoms with van der Waals surface area (Å²) >= 11 is 0. The Kier molecular flexibility index (Phi) is 50.4. The number of rotatable bonds is 59. The van der Waals surface area contributed by atoms with Crippen LogP contribution in [0.5, 0.6) is 0 Å². The van der Waals surface area contributed by atoms with Gasteiger partial charge in [0, 0.05) is 13.3 Å². The van der Waals surface area contributed by atoms with Gasteiger partial charge in [0.25, 0.3) is 0 Å². The second-order valence-corrected chi connectivity index (χ2v) is 32.7. The van der Waals surface area contributed by atoms with Crippen molar-refractivity contribution in [1.29, 1.82) is 0 Å². The van der Waals surface area contributed by atoms with E-state index in [-0.39, 0.29) is 12.3 Å². The number of nitrogens with one attached hydrogen (secondary N) is 2. The van der Waals surface area contributed by atoms with E-state index in [2.05, 4.69) is 24.5 Å². The lowest BCUT2D eigenvalue weighted by Crippen LogP contribution is -2.70. The average molecular weight is 1690 g/mol. The van der Waals surface area contributed by atoms with Crippen LogP contribution < -0.4 is 10.6 Å². The predicted molar refractivity (Wildman–Crippen MR) is 419 cm³/mol. The van der Waals surface area contributed by atoms with Gasteiger partial charge in [0.15, 0.2) is 37.7 Å². The molecule has 6 saturated heterocycles. The second kappa shape index (κ2) is 57.1. The summed E-state index contributed by atoms with van der Waals surface area (Å²) in [6.07, 6.45) is -11.8. The van der Waals surface area contributed by atoms with Crippen molar-refractivity contribution < 1.29 is 163 Å². The Balaban J connectivity index is 1.03. The van der Waals surface area contributed by atoms with Crippen molar-refractivity contribution >= 4 is 11.8 Å². The molecule has 117 heavy (non-hydrogen) atoms. The quantitative estimate of drug-likeness (QED) is 0.0292. The van der Waals surface area contributed by atoms with Crippen LogP contribution in [0.2, 0.25) is 0 Å². The highest BCUT2D eigenvalue weighted by Crippen LogP contribution is 2.38. The van der Waals surface area contributed by atoms with E-state index >= 15 is 0 Å². The first-order chi connectivity index (χ1) is 56.4. The number of aliphatic hydroxyl groups excluding tert-OH is 19. The van der Waals surface area contributed by atoms with Crippen LogP contribution in [0.25, 0.3) is 0 Å². The number of ether oxygens (including phenoxy) is 12. The van der Waals surface area contributed by atoms with E-state index in [1.54, 1.807) is 6.08 Å². The molecular weight excluding hydrogens is 1540 g/mol. The van der Waals surface area contributed by atoms with Crippen molar-refractivity contribution in [2.24, 2.45) is 0 Å². The van der Waals surface area contributed by atoms with Crippen molar-refractivity contribution in [1.82, 2.24) is 10.6 Å². The fourth-order valence-electron chi connectivity index (χ4n) is 16.1. The fourth-order valence-corrected chi connectivity index (χ4v) is 16.1. The zero-order valence-electron chi connectivity index (χ0n) is 69.2. The van der Waals surface area contributed by atoms with Crippen LogP contribution in [-0.2, 0) is 66.4 Å². The normalized spacial score (nSPS) is 36.2. The lowest BCUT2D eigenvalue weighted by molar-refractivity contribution is -0.391. The number of amides is 2. The van der Waals surface area contributed by atoms with E-state index in [4.69, 9.17) is 56.8 Å². The monoisotopic (exact) mass is 1690 g/mol. The van der Waals surface area contributed by atoms with Crippen LogP contribution in [0.4, 0.5) is 0 Å². The van der Waals surface area contributed by atoms with Gasteiger partial charge in [0.1, 0.15) is 146 Å². The molecule has 6 aliphatic heterocycles. The van der Waals surface area contributed by atoms with Gasteiger partial charge in [-0.15, -0.1) is 0 Å². The minimum absolute atomic E-state index is 0.184. The molecule has 2 amide bonds. The first-order valence-electron chi connectivity index (χ1n) is 44.0. The van der Waals surface area contributed by atoms with E-state index in [1.165, 1.54) is 161 Å². The molecule has 686 valence electrons. The zero-order valence-corrected chi connectivity index (χ0v) is 69.2. The first-order valence-corrected chi connectivity index (χ1v) is 44.0. The summed E-state index contributed by atoms with van der Waals surface area (Å²) in [5, 5.41) is 216. The summed E-state index contributed by atoms with van der Waals surface area (Å²) in [6.45, 7) is -0.921. The molecular formula is C82H150N2O33. The summed E-state index contributed by atoms with van der Waals surface area (Å²) in [5.41, 5.74) is 0. The number of carbonyl (C=O) groups excluding carboxylic acids is 2. The Bertz CT molecular complexity index is 2620. The van der Waals surface area contributed by atoms with Crippen LogP contribution >= 0.6 is 0 Å². The molecule has 0 bridgehead atoms. The smallest absolute Gasteiger partial charge is 0.220 e. The van der Waals surface area contributed by atoms with Crippen LogP contribution in [0.3, 0.4) is 0 Å². The van der Waals surface area contributed by atoms with Gasteiger partial charge in [-0.2, -0.15) is 0 Å². The molecule has 32 atom stereocenters. The Hall–Kier alpha value is -2.56. The molecule has 12 unspecified atom stereocenters. The molecule has 6 heterocycles. The van der Waals surface area contributed by atoms with Gasteiger partial charge in [0.2, 0.25) is 11.8 Å². The number of unbranched alkanes of at least 4 members (excludes halogenated alkanes) is 33. The van der Waals surface area contributed by atoms with E-state index in [0.29, 0.717) is 12.8 Å². The van der Waals surface area contributed by atoms with Crippen molar-refractivity contribution in [3.05, 3.63) is 12.2 Å². The maximum absolute atomic E-state index is 13.6. The molecule has 6 fully saturated rings. The number of hydrogen-bond donors (Lipinski definition) is 21.